The van der Waals surface area contributed by atoms with Crippen molar-refractivity contribution in [3.63, 3.8) is 0 Å². The van der Waals surface area contributed by atoms with Crippen LogP contribution in [0.5, 0.6) is 0 Å². The summed E-state index contributed by atoms with van der Waals surface area (Å²) in [5, 5.41) is 0. The maximum Gasteiger partial charge on any atom is 0.426 e. The van der Waals surface area contributed by atoms with Crippen LogP contribution in [0.4, 0.5) is 13.2 Å². The molecule has 76 valence electrons. The zero-order chi connectivity index (χ0) is 10.4. The molecule has 1 aromatic rings. The number of hydrogen-bond acceptors (Lipinski definition) is 2. The van der Waals surface area contributed by atoms with Gasteiger partial charge in [-0.2, -0.15) is 13.2 Å². The van der Waals surface area contributed by atoms with E-state index in [-0.39, 0.29) is 5.56 Å². The molecular formula is C8H6F3IN2. The summed E-state index contributed by atoms with van der Waals surface area (Å²) in [7, 11) is 0. The molecular weight excluding hydrogens is 308 g/mol. The number of rotatable bonds is 1. The van der Waals surface area contributed by atoms with Crippen LogP contribution in [0.2, 0.25) is 0 Å². The molecule has 0 aliphatic carbocycles. The normalized spacial score (nSPS) is 19.4. The predicted molar refractivity (Wildman–Crippen MR) is 53.2 cm³/mol. The third-order valence-corrected chi connectivity index (χ3v) is 2.73. The molecule has 0 radical (unpaired) electrons. The Hall–Kier alpha value is -0.340. The summed E-state index contributed by atoms with van der Waals surface area (Å²) in [6, 6.07) is 6.30. The Morgan fingerprint density at radius 3 is 2.29 bits per heavy atom. The molecule has 6 heteroatoms. The van der Waals surface area contributed by atoms with Gasteiger partial charge in [0.25, 0.3) is 0 Å². The Labute approximate surface area is 92.0 Å². The average Bonchev–Trinajstić information content (AvgIpc) is 2.82. The van der Waals surface area contributed by atoms with Crippen LogP contribution in [0.1, 0.15) is 5.56 Å². The fraction of sp³-hybridized carbons (Fsp3) is 0.250. The van der Waals surface area contributed by atoms with E-state index in [2.05, 4.69) is 10.9 Å². The summed E-state index contributed by atoms with van der Waals surface area (Å²) in [5.74, 6) is 0. The van der Waals surface area contributed by atoms with Crippen LogP contribution >= 0.6 is 22.6 Å². The molecule has 1 heterocycles. The van der Waals surface area contributed by atoms with Crippen LogP contribution < -0.4 is 10.9 Å². The zero-order valence-corrected chi connectivity index (χ0v) is 8.98. The van der Waals surface area contributed by atoms with Crippen molar-refractivity contribution >= 4 is 22.6 Å². The average molecular weight is 314 g/mol. The molecule has 1 aliphatic rings. The minimum Gasteiger partial charge on any atom is -0.223 e. The van der Waals surface area contributed by atoms with Crippen LogP contribution in [0.15, 0.2) is 24.3 Å². The van der Waals surface area contributed by atoms with E-state index in [1.807, 2.05) is 22.6 Å². The van der Waals surface area contributed by atoms with Crippen LogP contribution in [-0.2, 0) is 5.66 Å². The molecule has 1 aromatic carbocycles. The van der Waals surface area contributed by atoms with Gasteiger partial charge in [-0.1, -0.05) is 12.1 Å². The lowest BCUT2D eigenvalue weighted by molar-refractivity contribution is -0.165. The number of hydrogen-bond donors (Lipinski definition) is 2. The lowest BCUT2D eigenvalue weighted by Crippen LogP contribution is -2.34. The minimum absolute atomic E-state index is 0.192. The Morgan fingerprint density at radius 2 is 1.86 bits per heavy atom. The summed E-state index contributed by atoms with van der Waals surface area (Å²) in [4.78, 5) is 0. The zero-order valence-electron chi connectivity index (χ0n) is 6.82. The molecule has 0 atom stereocenters. The summed E-state index contributed by atoms with van der Waals surface area (Å²) in [5.41, 5.74) is 2.46. The second kappa shape index (κ2) is 3.07. The molecule has 0 amide bonds. The number of nitrogens with one attached hydrogen (secondary N) is 2. The molecule has 0 saturated carbocycles. The Bertz CT molecular complexity index is 360. The van der Waals surface area contributed by atoms with E-state index in [1.165, 1.54) is 12.1 Å². The van der Waals surface area contributed by atoms with Crippen molar-refractivity contribution in [2.75, 3.05) is 0 Å². The third-order valence-electron chi connectivity index (χ3n) is 2.06. The van der Waals surface area contributed by atoms with Crippen LogP contribution in [0.3, 0.4) is 0 Å². The number of alkyl halides is 3. The first-order chi connectivity index (χ1) is 6.46. The Kier molecular flexibility index (Phi) is 2.24. The van der Waals surface area contributed by atoms with Gasteiger partial charge in [-0.05, 0) is 40.3 Å². The largest absolute Gasteiger partial charge is 0.426 e. The molecule has 2 nitrogen and oxygen atoms in total. The molecule has 0 spiro atoms. The lowest BCUT2D eigenvalue weighted by atomic mass is 10.0. The summed E-state index contributed by atoms with van der Waals surface area (Å²) in [6.07, 6.45) is -4.32. The fourth-order valence-electron chi connectivity index (χ4n) is 1.23. The SMILES string of the molecule is FC(F)(F)C1(c2cccc(I)c2)NN1. The van der Waals surface area contributed by atoms with Crippen molar-refractivity contribution in [1.82, 2.24) is 10.9 Å². The van der Waals surface area contributed by atoms with Gasteiger partial charge in [0.1, 0.15) is 0 Å². The standard InChI is InChI=1S/C8H6F3IN2/c9-8(10,11)7(13-14-7)5-2-1-3-6(12)4-5/h1-4,13-14H. The van der Waals surface area contributed by atoms with Gasteiger partial charge in [0.15, 0.2) is 0 Å². The van der Waals surface area contributed by atoms with Gasteiger partial charge in [0.2, 0.25) is 5.66 Å². The maximum atomic E-state index is 12.6. The first-order valence-corrected chi connectivity index (χ1v) is 4.91. The summed E-state index contributed by atoms with van der Waals surface area (Å²) < 4.78 is 38.5. The highest BCUT2D eigenvalue weighted by atomic mass is 127. The van der Waals surface area contributed by atoms with Crippen molar-refractivity contribution in [2.45, 2.75) is 11.8 Å². The smallest absolute Gasteiger partial charge is 0.223 e. The molecule has 0 aromatic heterocycles. The minimum atomic E-state index is -4.32. The molecule has 0 unspecified atom stereocenters. The van der Waals surface area contributed by atoms with Gasteiger partial charge in [0.05, 0.1) is 0 Å². The highest BCUT2D eigenvalue weighted by molar-refractivity contribution is 14.1. The van der Waals surface area contributed by atoms with E-state index in [1.54, 1.807) is 12.1 Å². The first kappa shape index (κ1) is 10.2. The molecule has 1 fully saturated rings. The fourth-order valence-corrected chi connectivity index (χ4v) is 1.78. The highest BCUT2D eigenvalue weighted by Crippen LogP contribution is 2.42. The topological polar surface area (TPSA) is 43.9 Å². The van der Waals surface area contributed by atoms with E-state index in [0.29, 0.717) is 0 Å². The van der Waals surface area contributed by atoms with Crippen molar-refractivity contribution in [3.8, 4) is 0 Å². The molecule has 2 N–H and O–H groups in total. The van der Waals surface area contributed by atoms with E-state index < -0.39 is 11.8 Å². The van der Waals surface area contributed by atoms with Crippen molar-refractivity contribution < 1.29 is 13.2 Å². The number of hydrazine groups is 1. The second-order valence-corrected chi connectivity index (χ2v) is 4.25. The predicted octanol–water partition coefficient (Wildman–Crippen LogP) is 2.11. The van der Waals surface area contributed by atoms with E-state index in [4.69, 9.17) is 0 Å². The van der Waals surface area contributed by atoms with Gasteiger partial charge < -0.3 is 0 Å². The third kappa shape index (κ3) is 1.51. The van der Waals surface area contributed by atoms with Crippen LogP contribution in [-0.4, -0.2) is 6.18 Å². The quantitative estimate of drug-likeness (QED) is 0.616. The monoisotopic (exact) mass is 314 g/mol. The summed E-state index contributed by atoms with van der Waals surface area (Å²) in [6.45, 7) is 0. The van der Waals surface area contributed by atoms with Gasteiger partial charge in [-0.15, -0.1) is 0 Å². The van der Waals surface area contributed by atoms with Crippen molar-refractivity contribution in [1.29, 1.82) is 0 Å². The van der Waals surface area contributed by atoms with Crippen molar-refractivity contribution in [2.24, 2.45) is 0 Å². The van der Waals surface area contributed by atoms with Gasteiger partial charge in [0, 0.05) is 3.57 Å². The molecule has 2 rings (SSSR count). The lowest BCUT2D eigenvalue weighted by Gasteiger charge is -2.16. The molecule has 14 heavy (non-hydrogen) atoms. The maximum absolute atomic E-state index is 12.6. The van der Waals surface area contributed by atoms with Gasteiger partial charge >= 0.3 is 6.18 Å². The second-order valence-electron chi connectivity index (χ2n) is 3.01. The van der Waals surface area contributed by atoms with Crippen LogP contribution in [0.25, 0.3) is 0 Å². The van der Waals surface area contributed by atoms with E-state index >= 15 is 0 Å². The summed E-state index contributed by atoms with van der Waals surface area (Å²) >= 11 is 1.98. The van der Waals surface area contributed by atoms with Gasteiger partial charge in [-0.25, -0.2) is 10.9 Å². The Morgan fingerprint density at radius 1 is 1.21 bits per heavy atom. The number of benzene rings is 1. The molecule has 1 saturated heterocycles. The van der Waals surface area contributed by atoms with E-state index in [9.17, 15) is 13.2 Å². The first-order valence-electron chi connectivity index (χ1n) is 3.83. The highest BCUT2D eigenvalue weighted by Gasteiger charge is 2.65. The molecule has 0 bridgehead atoms. The number of halogens is 4. The van der Waals surface area contributed by atoms with Gasteiger partial charge in [-0.3, -0.25) is 0 Å². The van der Waals surface area contributed by atoms with Crippen molar-refractivity contribution in [3.05, 3.63) is 33.4 Å². The van der Waals surface area contributed by atoms with Crippen LogP contribution in [0, 0.1) is 3.57 Å². The molecule has 1 aliphatic heterocycles. The Balaban J connectivity index is 2.41. The van der Waals surface area contributed by atoms with E-state index in [0.717, 1.165) is 3.57 Å².